The highest BCUT2D eigenvalue weighted by atomic mass is 79.9. The molecular formula is C12H15BrN4. The molecule has 2 N–H and O–H groups in total. The average Bonchev–Trinajstić information content (AvgIpc) is 3.13. The molecule has 0 aromatic carbocycles. The van der Waals surface area contributed by atoms with Crippen molar-refractivity contribution < 1.29 is 0 Å². The minimum Gasteiger partial charge on any atom is -0.397 e. The topological polar surface area (TPSA) is 65.9 Å². The third-order valence-corrected chi connectivity index (χ3v) is 3.96. The Morgan fingerprint density at radius 1 is 1.65 bits per heavy atom. The normalized spacial score (nSPS) is 14.4. The molecule has 2 rings (SSSR count). The van der Waals surface area contributed by atoms with Gasteiger partial charge in [0.15, 0.2) is 0 Å². The van der Waals surface area contributed by atoms with Crippen LogP contribution in [0.1, 0.15) is 24.8 Å². The van der Waals surface area contributed by atoms with E-state index in [4.69, 9.17) is 11.0 Å². The quantitative estimate of drug-likeness (QED) is 0.927. The zero-order valence-corrected chi connectivity index (χ0v) is 11.4. The van der Waals surface area contributed by atoms with Crippen LogP contribution in [-0.2, 0) is 0 Å². The van der Waals surface area contributed by atoms with Crippen molar-refractivity contribution in [3.8, 4) is 6.07 Å². The maximum Gasteiger partial charge on any atom is 0.143 e. The number of rotatable bonds is 4. The van der Waals surface area contributed by atoms with Crippen LogP contribution in [0.25, 0.3) is 0 Å². The van der Waals surface area contributed by atoms with Crippen molar-refractivity contribution in [2.45, 2.75) is 32.2 Å². The van der Waals surface area contributed by atoms with Gasteiger partial charge in [-0.05, 0) is 41.3 Å². The number of hydrogen-bond acceptors (Lipinski definition) is 4. The van der Waals surface area contributed by atoms with Crippen LogP contribution < -0.4 is 10.6 Å². The molecule has 1 aromatic heterocycles. The number of nitriles is 1. The minimum atomic E-state index is 0.522. The van der Waals surface area contributed by atoms with Crippen LogP contribution in [-0.4, -0.2) is 17.6 Å². The fourth-order valence-electron chi connectivity index (χ4n) is 1.80. The number of aromatic nitrogens is 1. The summed E-state index contributed by atoms with van der Waals surface area (Å²) in [7, 11) is 0. The number of nitrogens with zero attached hydrogens (tertiary/aromatic N) is 3. The van der Waals surface area contributed by atoms with Crippen molar-refractivity contribution >= 4 is 27.4 Å². The van der Waals surface area contributed by atoms with E-state index in [1.54, 1.807) is 6.20 Å². The minimum absolute atomic E-state index is 0.522. The van der Waals surface area contributed by atoms with Gasteiger partial charge < -0.3 is 10.6 Å². The standard InChI is InChI=1S/C12H15BrN4/c1-8-10(15)7-16-12(11(8)13)17(6-2-5-14)9-3-4-9/h7,9H,2-4,6,15H2,1H3. The molecule has 0 radical (unpaired) electrons. The first-order chi connectivity index (χ1) is 8.15. The van der Waals surface area contributed by atoms with Crippen LogP contribution in [0.3, 0.4) is 0 Å². The molecular weight excluding hydrogens is 280 g/mol. The summed E-state index contributed by atoms with van der Waals surface area (Å²) in [4.78, 5) is 6.61. The Labute approximate surface area is 110 Å². The summed E-state index contributed by atoms with van der Waals surface area (Å²) in [6, 6.07) is 2.72. The van der Waals surface area contributed by atoms with Gasteiger partial charge in [0, 0.05) is 12.6 Å². The molecule has 1 aromatic rings. The van der Waals surface area contributed by atoms with Crippen molar-refractivity contribution in [2.24, 2.45) is 0 Å². The van der Waals surface area contributed by atoms with Crippen LogP contribution in [0, 0.1) is 18.3 Å². The predicted molar refractivity (Wildman–Crippen MR) is 71.7 cm³/mol. The van der Waals surface area contributed by atoms with Crippen molar-refractivity contribution in [1.82, 2.24) is 4.98 Å². The lowest BCUT2D eigenvalue weighted by Gasteiger charge is -2.24. The van der Waals surface area contributed by atoms with Gasteiger partial charge in [-0.15, -0.1) is 0 Å². The highest BCUT2D eigenvalue weighted by Gasteiger charge is 2.31. The molecule has 1 aliphatic carbocycles. The van der Waals surface area contributed by atoms with Crippen LogP contribution in [0.15, 0.2) is 10.7 Å². The van der Waals surface area contributed by atoms with E-state index in [9.17, 15) is 0 Å². The zero-order chi connectivity index (χ0) is 12.4. The molecule has 1 heterocycles. The van der Waals surface area contributed by atoms with Crippen molar-refractivity contribution in [1.29, 1.82) is 5.26 Å². The van der Waals surface area contributed by atoms with Gasteiger partial charge in [0.2, 0.25) is 0 Å². The van der Waals surface area contributed by atoms with Gasteiger partial charge in [-0.1, -0.05) is 0 Å². The maximum atomic E-state index is 8.70. The summed E-state index contributed by atoms with van der Waals surface area (Å²) in [6.45, 7) is 2.70. The maximum absolute atomic E-state index is 8.70. The summed E-state index contributed by atoms with van der Waals surface area (Å²) < 4.78 is 0.947. The highest BCUT2D eigenvalue weighted by Crippen LogP contribution is 2.37. The van der Waals surface area contributed by atoms with Crippen molar-refractivity contribution in [3.05, 3.63) is 16.2 Å². The number of pyridine rings is 1. The van der Waals surface area contributed by atoms with Crippen molar-refractivity contribution in [2.75, 3.05) is 17.2 Å². The van der Waals surface area contributed by atoms with Gasteiger partial charge in [0.1, 0.15) is 5.82 Å². The molecule has 1 aliphatic rings. The third kappa shape index (κ3) is 2.52. The van der Waals surface area contributed by atoms with Gasteiger partial charge in [0.05, 0.1) is 28.8 Å². The highest BCUT2D eigenvalue weighted by molar-refractivity contribution is 9.10. The first kappa shape index (κ1) is 12.2. The monoisotopic (exact) mass is 294 g/mol. The van der Waals surface area contributed by atoms with Gasteiger partial charge in [-0.2, -0.15) is 5.26 Å². The van der Waals surface area contributed by atoms with Gasteiger partial charge in [-0.3, -0.25) is 0 Å². The van der Waals surface area contributed by atoms with E-state index < -0.39 is 0 Å². The molecule has 0 aliphatic heterocycles. The van der Waals surface area contributed by atoms with E-state index in [2.05, 4.69) is 31.9 Å². The summed E-state index contributed by atoms with van der Waals surface area (Å²) >= 11 is 3.55. The number of halogens is 1. The molecule has 17 heavy (non-hydrogen) atoms. The molecule has 0 bridgehead atoms. The van der Waals surface area contributed by atoms with E-state index in [1.807, 2.05) is 6.92 Å². The number of hydrogen-bond donors (Lipinski definition) is 1. The molecule has 0 saturated heterocycles. The van der Waals surface area contributed by atoms with E-state index in [1.165, 1.54) is 12.8 Å². The van der Waals surface area contributed by atoms with E-state index in [0.717, 1.165) is 22.4 Å². The Balaban J connectivity index is 2.30. The summed E-state index contributed by atoms with van der Waals surface area (Å²) in [5.41, 5.74) is 7.52. The van der Waals surface area contributed by atoms with Crippen molar-refractivity contribution in [3.63, 3.8) is 0 Å². The van der Waals surface area contributed by atoms with Crippen LogP contribution >= 0.6 is 15.9 Å². The van der Waals surface area contributed by atoms with E-state index in [0.29, 0.717) is 18.2 Å². The third-order valence-electron chi connectivity index (χ3n) is 3.01. The zero-order valence-electron chi connectivity index (χ0n) is 9.78. The lowest BCUT2D eigenvalue weighted by Crippen LogP contribution is -2.28. The molecule has 0 atom stereocenters. The van der Waals surface area contributed by atoms with Crippen LogP contribution in [0.2, 0.25) is 0 Å². The molecule has 1 saturated carbocycles. The second-order valence-electron chi connectivity index (χ2n) is 4.31. The molecule has 5 heteroatoms. The summed E-state index contributed by atoms with van der Waals surface area (Å²) in [5, 5.41) is 8.70. The van der Waals surface area contributed by atoms with Gasteiger partial charge in [0.25, 0.3) is 0 Å². The number of anilines is 2. The van der Waals surface area contributed by atoms with Crippen LogP contribution in [0.5, 0.6) is 0 Å². The largest absolute Gasteiger partial charge is 0.397 e. The van der Waals surface area contributed by atoms with E-state index >= 15 is 0 Å². The number of nitrogens with two attached hydrogens (primary N) is 1. The molecule has 0 amide bonds. The SMILES string of the molecule is Cc1c(N)cnc(N(CCC#N)C2CC2)c1Br. The molecule has 90 valence electrons. The first-order valence-corrected chi connectivity index (χ1v) is 6.48. The summed E-state index contributed by atoms with van der Waals surface area (Å²) in [5.74, 6) is 0.912. The molecule has 0 unspecified atom stereocenters. The fraction of sp³-hybridized carbons (Fsp3) is 0.500. The Morgan fingerprint density at radius 2 is 2.35 bits per heavy atom. The lowest BCUT2D eigenvalue weighted by molar-refractivity contribution is 0.775. The van der Waals surface area contributed by atoms with Crippen LogP contribution in [0.4, 0.5) is 11.5 Å². The van der Waals surface area contributed by atoms with Gasteiger partial charge in [-0.25, -0.2) is 4.98 Å². The Morgan fingerprint density at radius 3 is 2.94 bits per heavy atom. The first-order valence-electron chi connectivity index (χ1n) is 5.69. The number of nitrogen functional groups attached to an aromatic ring is 1. The Bertz CT molecular complexity index is 462. The molecule has 0 spiro atoms. The van der Waals surface area contributed by atoms with Gasteiger partial charge >= 0.3 is 0 Å². The fourth-order valence-corrected chi connectivity index (χ4v) is 2.36. The molecule has 1 fully saturated rings. The second-order valence-corrected chi connectivity index (χ2v) is 5.10. The molecule has 4 nitrogen and oxygen atoms in total. The summed E-state index contributed by atoms with van der Waals surface area (Å²) in [6.07, 6.45) is 4.58. The second kappa shape index (κ2) is 4.92. The Hall–Kier alpha value is -1.28. The lowest BCUT2D eigenvalue weighted by atomic mass is 10.2. The Kier molecular flexibility index (Phi) is 3.53. The van der Waals surface area contributed by atoms with E-state index in [-0.39, 0.29) is 0 Å². The predicted octanol–water partition coefficient (Wildman–Crippen LogP) is 2.62. The average molecular weight is 295 g/mol. The smallest absolute Gasteiger partial charge is 0.143 e.